The number of rotatable bonds is 3. The van der Waals surface area contributed by atoms with Crippen LogP contribution in [0.4, 0.5) is 13.2 Å². The molecule has 88 valence electrons. The lowest BCUT2D eigenvalue weighted by atomic mass is 9.92. The van der Waals surface area contributed by atoms with E-state index < -0.39 is 29.1 Å². The molecule has 2 rings (SSSR count). The van der Waals surface area contributed by atoms with E-state index in [1.165, 1.54) is 0 Å². The zero-order valence-corrected chi connectivity index (χ0v) is 8.88. The van der Waals surface area contributed by atoms with Gasteiger partial charge in [0.15, 0.2) is 0 Å². The van der Waals surface area contributed by atoms with E-state index in [9.17, 15) is 18.3 Å². The number of halogens is 3. The van der Waals surface area contributed by atoms with Gasteiger partial charge in [0.25, 0.3) is 0 Å². The van der Waals surface area contributed by atoms with Crippen molar-refractivity contribution in [3.8, 4) is 0 Å². The summed E-state index contributed by atoms with van der Waals surface area (Å²) in [5.41, 5.74) is -0.416. The molecular formula is C12H13F3O. The Morgan fingerprint density at radius 2 is 1.69 bits per heavy atom. The third-order valence-corrected chi connectivity index (χ3v) is 3.20. The average Bonchev–Trinajstić information content (AvgIpc) is 2.97. The molecule has 0 heterocycles. The maximum absolute atomic E-state index is 13.4. The molecule has 1 aliphatic carbocycles. The highest BCUT2D eigenvalue weighted by Crippen LogP contribution is 2.43. The Morgan fingerprint density at radius 3 is 2.12 bits per heavy atom. The molecule has 1 aliphatic rings. The van der Waals surface area contributed by atoms with Crippen molar-refractivity contribution in [3.05, 3.63) is 35.1 Å². The van der Waals surface area contributed by atoms with Crippen molar-refractivity contribution in [2.75, 3.05) is 0 Å². The van der Waals surface area contributed by atoms with E-state index in [4.69, 9.17) is 0 Å². The van der Waals surface area contributed by atoms with Gasteiger partial charge in [0.2, 0.25) is 0 Å². The van der Waals surface area contributed by atoms with Gasteiger partial charge in [-0.3, -0.25) is 0 Å². The van der Waals surface area contributed by atoms with Crippen LogP contribution in [0.25, 0.3) is 0 Å². The van der Waals surface area contributed by atoms with Gasteiger partial charge < -0.3 is 5.11 Å². The Hall–Kier alpha value is -1.03. The number of hydrogen-bond donors (Lipinski definition) is 1. The van der Waals surface area contributed by atoms with Crippen LogP contribution < -0.4 is 0 Å². The van der Waals surface area contributed by atoms with Gasteiger partial charge in [0.05, 0.1) is 11.7 Å². The first-order valence-corrected chi connectivity index (χ1v) is 5.33. The summed E-state index contributed by atoms with van der Waals surface area (Å²) in [5, 5.41) is 9.85. The molecule has 0 saturated heterocycles. The summed E-state index contributed by atoms with van der Waals surface area (Å²) in [4.78, 5) is 0. The van der Waals surface area contributed by atoms with Crippen LogP contribution in [0.15, 0.2) is 12.1 Å². The first-order valence-electron chi connectivity index (χ1n) is 5.33. The summed E-state index contributed by atoms with van der Waals surface area (Å²) in [6.45, 7) is 1.75. The normalized spacial score (nSPS) is 19.6. The SMILES string of the molecule is CC(C1CC1)C(O)c1c(F)cc(F)cc1F. The Kier molecular flexibility index (Phi) is 2.93. The van der Waals surface area contributed by atoms with Gasteiger partial charge in [-0.15, -0.1) is 0 Å². The van der Waals surface area contributed by atoms with Gasteiger partial charge in [-0.1, -0.05) is 6.92 Å². The summed E-state index contributed by atoms with van der Waals surface area (Å²) in [6, 6.07) is 1.20. The zero-order chi connectivity index (χ0) is 11.9. The highest BCUT2D eigenvalue weighted by atomic mass is 19.1. The molecule has 0 bridgehead atoms. The van der Waals surface area contributed by atoms with E-state index in [1.807, 2.05) is 0 Å². The predicted octanol–water partition coefficient (Wildman–Crippen LogP) is 3.18. The van der Waals surface area contributed by atoms with E-state index in [2.05, 4.69) is 0 Å². The van der Waals surface area contributed by atoms with Crippen LogP contribution in [0.3, 0.4) is 0 Å². The van der Waals surface area contributed by atoms with Crippen LogP contribution in [0.5, 0.6) is 0 Å². The second-order valence-electron chi connectivity index (χ2n) is 4.42. The van der Waals surface area contributed by atoms with E-state index in [-0.39, 0.29) is 5.92 Å². The molecule has 2 unspecified atom stereocenters. The van der Waals surface area contributed by atoms with Gasteiger partial charge in [-0.2, -0.15) is 0 Å². The van der Waals surface area contributed by atoms with Crippen LogP contribution in [-0.4, -0.2) is 5.11 Å². The summed E-state index contributed by atoms with van der Waals surface area (Å²) in [5.74, 6) is -2.88. The third-order valence-electron chi connectivity index (χ3n) is 3.20. The molecule has 16 heavy (non-hydrogen) atoms. The molecule has 1 nitrogen and oxygen atoms in total. The highest BCUT2D eigenvalue weighted by Gasteiger charge is 2.35. The van der Waals surface area contributed by atoms with Crippen molar-refractivity contribution in [3.63, 3.8) is 0 Å². The average molecular weight is 230 g/mol. The van der Waals surface area contributed by atoms with Crippen molar-refractivity contribution in [2.45, 2.75) is 25.9 Å². The smallest absolute Gasteiger partial charge is 0.134 e. The molecule has 0 spiro atoms. The first kappa shape index (κ1) is 11.5. The fourth-order valence-electron chi connectivity index (χ4n) is 1.98. The number of benzene rings is 1. The molecule has 1 aromatic rings. The van der Waals surface area contributed by atoms with Crippen LogP contribution in [0, 0.1) is 29.3 Å². The second kappa shape index (κ2) is 4.09. The number of aliphatic hydroxyl groups excluding tert-OH is 1. The number of aliphatic hydroxyl groups is 1. The Labute approximate surface area is 91.9 Å². The lowest BCUT2D eigenvalue weighted by Gasteiger charge is -2.19. The summed E-state index contributed by atoms with van der Waals surface area (Å²) >= 11 is 0. The molecule has 0 radical (unpaired) electrons. The standard InChI is InChI=1S/C12H13F3O/c1-6(7-2-3-7)12(16)11-9(14)4-8(13)5-10(11)15/h4-7,12,16H,2-3H2,1H3. The minimum absolute atomic E-state index is 0.200. The maximum Gasteiger partial charge on any atom is 0.134 e. The highest BCUT2D eigenvalue weighted by molar-refractivity contribution is 5.24. The van der Waals surface area contributed by atoms with Gasteiger partial charge in [-0.05, 0) is 24.7 Å². The fraction of sp³-hybridized carbons (Fsp3) is 0.500. The van der Waals surface area contributed by atoms with Crippen molar-refractivity contribution in [1.29, 1.82) is 0 Å². The van der Waals surface area contributed by atoms with Crippen LogP contribution >= 0.6 is 0 Å². The number of hydrogen-bond acceptors (Lipinski definition) is 1. The molecule has 1 saturated carbocycles. The van der Waals surface area contributed by atoms with E-state index >= 15 is 0 Å². The Morgan fingerprint density at radius 1 is 1.19 bits per heavy atom. The molecule has 1 N–H and O–H groups in total. The van der Waals surface area contributed by atoms with Crippen LogP contribution in [0.1, 0.15) is 31.4 Å². The summed E-state index contributed by atoms with van der Waals surface area (Å²) in [6.07, 6.45) is 0.749. The molecule has 1 aromatic carbocycles. The van der Waals surface area contributed by atoms with Crippen molar-refractivity contribution in [2.24, 2.45) is 11.8 Å². The monoisotopic (exact) mass is 230 g/mol. The van der Waals surface area contributed by atoms with E-state index in [1.54, 1.807) is 6.92 Å². The topological polar surface area (TPSA) is 20.2 Å². The van der Waals surface area contributed by atoms with Crippen molar-refractivity contribution >= 4 is 0 Å². The van der Waals surface area contributed by atoms with Gasteiger partial charge in [-0.25, -0.2) is 13.2 Å². The van der Waals surface area contributed by atoms with Crippen molar-refractivity contribution in [1.82, 2.24) is 0 Å². The van der Waals surface area contributed by atoms with Gasteiger partial charge in [0, 0.05) is 12.1 Å². The molecule has 0 amide bonds. The van der Waals surface area contributed by atoms with Gasteiger partial charge >= 0.3 is 0 Å². The lowest BCUT2D eigenvalue weighted by molar-refractivity contribution is 0.0978. The van der Waals surface area contributed by atoms with Crippen LogP contribution in [-0.2, 0) is 0 Å². The molecule has 0 aliphatic heterocycles. The second-order valence-corrected chi connectivity index (χ2v) is 4.42. The van der Waals surface area contributed by atoms with E-state index in [0.29, 0.717) is 18.1 Å². The summed E-state index contributed by atoms with van der Waals surface area (Å²) < 4.78 is 39.4. The quantitative estimate of drug-likeness (QED) is 0.845. The molecule has 4 heteroatoms. The minimum atomic E-state index is -1.20. The molecule has 1 fully saturated rings. The van der Waals surface area contributed by atoms with E-state index in [0.717, 1.165) is 12.8 Å². The zero-order valence-electron chi connectivity index (χ0n) is 8.88. The fourth-order valence-corrected chi connectivity index (χ4v) is 1.98. The predicted molar refractivity (Wildman–Crippen MR) is 53.2 cm³/mol. The lowest BCUT2D eigenvalue weighted by Crippen LogP contribution is -2.14. The largest absolute Gasteiger partial charge is 0.388 e. The summed E-state index contributed by atoms with van der Waals surface area (Å²) in [7, 11) is 0. The molecule has 2 atom stereocenters. The third kappa shape index (κ3) is 2.07. The first-order chi connectivity index (χ1) is 7.50. The minimum Gasteiger partial charge on any atom is -0.388 e. The maximum atomic E-state index is 13.4. The molecule has 0 aromatic heterocycles. The van der Waals surface area contributed by atoms with Crippen molar-refractivity contribution < 1.29 is 18.3 Å². The van der Waals surface area contributed by atoms with Crippen LogP contribution in [0.2, 0.25) is 0 Å². The Bertz CT molecular complexity index is 378. The molecular weight excluding hydrogens is 217 g/mol. The Balaban J connectivity index is 2.31. The van der Waals surface area contributed by atoms with Gasteiger partial charge in [0.1, 0.15) is 17.5 Å².